The molecule has 0 bridgehead atoms. The van der Waals surface area contributed by atoms with Gasteiger partial charge in [-0.3, -0.25) is 14.3 Å². The van der Waals surface area contributed by atoms with Crippen molar-refractivity contribution in [1.29, 1.82) is 0 Å². The van der Waals surface area contributed by atoms with Gasteiger partial charge in [0.05, 0.1) is 13.2 Å². The molecule has 0 atom stereocenters. The number of aromatic amines is 1. The van der Waals surface area contributed by atoms with E-state index < -0.39 is 11.2 Å². The molecule has 3 aromatic rings. The molecule has 0 saturated heterocycles. The fourth-order valence-electron chi connectivity index (χ4n) is 2.12. The summed E-state index contributed by atoms with van der Waals surface area (Å²) in [6, 6.07) is 9.47. The number of anilines is 2. The Morgan fingerprint density at radius 2 is 2.09 bits per heavy atom. The number of hydrogen-bond acceptors (Lipinski definition) is 6. The highest BCUT2D eigenvalue weighted by atomic mass is 32.1. The van der Waals surface area contributed by atoms with Crippen LogP contribution in [-0.2, 0) is 11.3 Å². The summed E-state index contributed by atoms with van der Waals surface area (Å²) in [5.41, 5.74) is 0.295. The van der Waals surface area contributed by atoms with E-state index in [-0.39, 0.29) is 0 Å². The van der Waals surface area contributed by atoms with Crippen LogP contribution in [0.1, 0.15) is 0 Å². The lowest BCUT2D eigenvalue weighted by Crippen LogP contribution is -2.31. The van der Waals surface area contributed by atoms with Gasteiger partial charge in [-0.2, -0.15) is 4.37 Å². The fourth-order valence-corrected chi connectivity index (χ4v) is 2.93. The number of benzene rings is 1. The van der Waals surface area contributed by atoms with Crippen molar-refractivity contribution in [2.24, 2.45) is 0 Å². The van der Waals surface area contributed by atoms with Gasteiger partial charge in [-0.15, -0.1) is 0 Å². The first kappa shape index (κ1) is 14.5. The van der Waals surface area contributed by atoms with Crippen LogP contribution in [0.5, 0.6) is 0 Å². The topological polar surface area (TPSA) is 89.0 Å². The molecule has 8 heteroatoms. The van der Waals surface area contributed by atoms with Crippen LogP contribution in [0.2, 0.25) is 0 Å². The van der Waals surface area contributed by atoms with Crippen molar-refractivity contribution in [3.63, 3.8) is 0 Å². The van der Waals surface area contributed by atoms with Gasteiger partial charge < -0.3 is 10.1 Å². The highest BCUT2D eigenvalue weighted by Crippen LogP contribution is 2.27. The molecular formula is C14H14N4O3S. The Labute approximate surface area is 129 Å². The molecule has 2 heterocycles. The number of aromatic nitrogens is 3. The van der Waals surface area contributed by atoms with E-state index in [0.29, 0.717) is 29.2 Å². The second kappa shape index (κ2) is 6.12. The highest BCUT2D eigenvalue weighted by molar-refractivity contribution is 7.11. The first-order valence-electron chi connectivity index (χ1n) is 6.64. The molecule has 3 rings (SSSR count). The van der Waals surface area contributed by atoms with Crippen LogP contribution >= 0.6 is 11.5 Å². The number of rotatable bonds is 5. The molecule has 2 aromatic heterocycles. The lowest BCUT2D eigenvalue weighted by Gasteiger charge is -2.06. The van der Waals surface area contributed by atoms with E-state index in [2.05, 4.69) is 14.7 Å². The van der Waals surface area contributed by atoms with Crippen LogP contribution in [0, 0.1) is 0 Å². The third kappa shape index (κ3) is 2.66. The quantitative estimate of drug-likeness (QED) is 0.745. The maximum Gasteiger partial charge on any atom is 0.330 e. The summed E-state index contributed by atoms with van der Waals surface area (Å²) in [7, 11) is 1.55. The largest absolute Gasteiger partial charge is 0.383 e. The lowest BCUT2D eigenvalue weighted by molar-refractivity contribution is 0.187. The summed E-state index contributed by atoms with van der Waals surface area (Å²) in [5.74, 6) is 0. The zero-order chi connectivity index (χ0) is 15.5. The van der Waals surface area contributed by atoms with E-state index in [1.54, 1.807) is 7.11 Å². The van der Waals surface area contributed by atoms with Gasteiger partial charge in [0.1, 0.15) is 10.4 Å². The molecule has 0 spiro atoms. The van der Waals surface area contributed by atoms with Crippen molar-refractivity contribution in [1.82, 2.24) is 13.9 Å². The first-order valence-corrected chi connectivity index (χ1v) is 7.41. The Bertz CT molecular complexity index is 898. The number of nitrogens with zero attached hydrogens (tertiary/aromatic N) is 2. The Hall–Kier alpha value is -2.45. The number of fused-ring (bicyclic) bond motifs is 1. The van der Waals surface area contributed by atoms with Crippen molar-refractivity contribution >= 4 is 33.3 Å². The SMILES string of the molecule is COCCn1c(=O)[nH]c(=O)c2c(Nc3ccccc3)snc21. The lowest BCUT2D eigenvalue weighted by atomic mass is 10.3. The van der Waals surface area contributed by atoms with Crippen LogP contribution in [0.3, 0.4) is 0 Å². The van der Waals surface area contributed by atoms with Gasteiger partial charge in [-0.05, 0) is 23.7 Å². The minimum Gasteiger partial charge on any atom is -0.383 e. The van der Waals surface area contributed by atoms with E-state index >= 15 is 0 Å². The molecule has 0 fully saturated rings. The molecule has 114 valence electrons. The predicted molar refractivity (Wildman–Crippen MR) is 86.1 cm³/mol. The molecule has 0 aliphatic carbocycles. The number of ether oxygens (including phenoxy) is 1. The minimum atomic E-state index is -0.480. The van der Waals surface area contributed by atoms with Crippen molar-refractivity contribution in [3.8, 4) is 0 Å². The molecule has 0 saturated carbocycles. The highest BCUT2D eigenvalue weighted by Gasteiger charge is 2.15. The number of hydrogen-bond donors (Lipinski definition) is 2. The van der Waals surface area contributed by atoms with Crippen molar-refractivity contribution in [3.05, 3.63) is 51.2 Å². The molecule has 0 aliphatic rings. The summed E-state index contributed by atoms with van der Waals surface area (Å²) >= 11 is 1.15. The molecule has 0 unspecified atom stereocenters. The van der Waals surface area contributed by atoms with Gasteiger partial charge in [0.2, 0.25) is 0 Å². The molecule has 0 aliphatic heterocycles. The number of methoxy groups -OCH3 is 1. The normalized spacial score (nSPS) is 11.0. The Balaban J connectivity index is 2.10. The van der Waals surface area contributed by atoms with Gasteiger partial charge in [0.25, 0.3) is 5.56 Å². The third-order valence-electron chi connectivity index (χ3n) is 3.17. The van der Waals surface area contributed by atoms with E-state index in [0.717, 1.165) is 17.2 Å². The van der Waals surface area contributed by atoms with Gasteiger partial charge in [-0.1, -0.05) is 18.2 Å². The van der Waals surface area contributed by atoms with Gasteiger partial charge >= 0.3 is 5.69 Å². The van der Waals surface area contributed by atoms with Gasteiger partial charge in [0, 0.05) is 12.8 Å². The van der Waals surface area contributed by atoms with Gasteiger partial charge in [0.15, 0.2) is 5.65 Å². The first-order chi connectivity index (χ1) is 10.7. The third-order valence-corrected chi connectivity index (χ3v) is 3.93. The maximum absolute atomic E-state index is 12.1. The number of para-hydroxylation sites is 1. The molecule has 1 aromatic carbocycles. The molecule has 0 amide bonds. The fraction of sp³-hybridized carbons (Fsp3) is 0.214. The average Bonchev–Trinajstić information content (AvgIpc) is 2.92. The van der Waals surface area contributed by atoms with E-state index in [1.807, 2.05) is 30.3 Å². The molecule has 7 nitrogen and oxygen atoms in total. The second-order valence-corrected chi connectivity index (χ2v) is 5.38. The van der Waals surface area contributed by atoms with Crippen LogP contribution in [-0.4, -0.2) is 27.6 Å². The summed E-state index contributed by atoms with van der Waals surface area (Å²) in [5, 5.41) is 4.14. The zero-order valence-corrected chi connectivity index (χ0v) is 12.6. The predicted octanol–water partition coefficient (Wildman–Crippen LogP) is 1.54. The van der Waals surface area contributed by atoms with Crippen LogP contribution in [0.25, 0.3) is 11.0 Å². The monoisotopic (exact) mass is 318 g/mol. The molecule has 0 radical (unpaired) electrons. The Kier molecular flexibility index (Phi) is 4.03. The zero-order valence-electron chi connectivity index (χ0n) is 11.8. The van der Waals surface area contributed by atoms with Gasteiger partial charge in [-0.25, -0.2) is 4.79 Å². The molecule has 22 heavy (non-hydrogen) atoms. The second-order valence-electron chi connectivity index (χ2n) is 4.61. The minimum absolute atomic E-state index is 0.330. The Morgan fingerprint density at radius 1 is 1.32 bits per heavy atom. The Morgan fingerprint density at radius 3 is 2.82 bits per heavy atom. The summed E-state index contributed by atoms with van der Waals surface area (Å²) in [6.45, 7) is 0.692. The van der Waals surface area contributed by atoms with Crippen molar-refractivity contribution < 1.29 is 4.74 Å². The van der Waals surface area contributed by atoms with Crippen LogP contribution in [0.15, 0.2) is 39.9 Å². The molecule has 2 N–H and O–H groups in total. The van der Waals surface area contributed by atoms with E-state index in [1.165, 1.54) is 4.57 Å². The maximum atomic E-state index is 12.1. The van der Waals surface area contributed by atoms with E-state index in [4.69, 9.17) is 4.74 Å². The summed E-state index contributed by atoms with van der Waals surface area (Å²) in [4.78, 5) is 26.4. The number of nitrogens with one attached hydrogen (secondary N) is 2. The standard InChI is InChI=1S/C14H14N4O3S/c1-21-8-7-18-11-10(12(19)16-14(18)20)13(22-17-11)15-9-5-3-2-4-6-9/h2-6,15H,7-8H2,1H3,(H,16,19,20). The van der Waals surface area contributed by atoms with Crippen LogP contribution in [0.4, 0.5) is 10.7 Å². The molecular weight excluding hydrogens is 304 g/mol. The number of H-pyrrole nitrogens is 1. The smallest absolute Gasteiger partial charge is 0.330 e. The van der Waals surface area contributed by atoms with Crippen molar-refractivity contribution in [2.45, 2.75) is 6.54 Å². The van der Waals surface area contributed by atoms with Crippen LogP contribution < -0.4 is 16.6 Å². The average molecular weight is 318 g/mol. The summed E-state index contributed by atoms with van der Waals surface area (Å²) in [6.07, 6.45) is 0. The summed E-state index contributed by atoms with van der Waals surface area (Å²) < 4.78 is 10.7. The van der Waals surface area contributed by atoms with E-state index in [9.17, 15) is 9.59 Å². The van der Waals surface area contributed by atoms with Crippen molar-refractivity contribution in [2.75, 3.05) is 19.0 Å².